The fourth-order valence-corrected chi connectivity index (χ4v) is 1.85. The highest BCUT2D eigenvalue weighted by molar-refractivity contribution is 6.31. The summed E-state index contributed by atoms with van der Waals surface area (Å²) in [5, 5.41) is 9.82. The maximum absolute atomic E-state index is 13.3. The molecule has 1 heterocycles. The minimum atomic E-state index is -0.406. The van der Waals surface area contributed by atoms with Gasteiger partial charge in [0.05, 0.1) is 11.1 Å². The zero-order valence-electron chi connectivity index (χ0n) is 9.24. The molecule has 0 spiro atoms. The van der Waals surface area contributed by atoms with Gasteiger partial charge in [-0.2, -0.15) is 5.10 Å². The smallest absolute Gasteiger partial charge is 0.142 e. The Morgan fingerprint density at radius 2 is 2.35 bits per heavy atom. The van der Waals surface area contributed by atoms with Crippen LogP contribution in [0.1, 0.15) is 17.4 Å². The Bertz CT molecular complexity index is 486. The Morgan fingerprint density at radius 3 is 3.00 bits per heavy atom. The van der Waals surface area contributed by atoms with E-state index in [-0.39, 0.29) is 11.1 Å². The second-order valence-corrected chi connectivity index (χ2v) is 4.01. The fraction of sp³-hybridized carbons (Fsp3) is 0.273. The van der Waals surface area contributed by atoms with Crippen LogP contribution in [0.4, 0.5) is 4.39 Å². The molecule has 0 aliphatic rings. The van der Waals surface area contributed by atoms with E-state index in [4.69, 9.17) is 11.6 Å². The van der Waals surface area contributed by atoms with Crippen molar-refractivity contribution in [1.82, 2.24) is 20.5 Å². The fourth-order valence-electron chi connectivity index (χ4n) is 1.64. The summed E-state index contributed by atoms with van der Waals surface area (Å²) in [6.45, 7) is 0. The first-order valence-electron chi connectivity index (χ1n) is 5.17. The van der Waals surface area contributed by atoms with Crippen LogP contribution in [0.2, 0.25) is 5.02 Å². The van der Waals surface area contributed by atoms with Crippen molar-refractivity contribution in [3.05, 3.63) is 46.8 Å². The molecule has 90 valence electrons. The molecule has 0 bridgehead atoms. The maximum atomic E-state index is 13.3. The molecule has 2 N–H and O–H groups in total. The lowest BCUT2D eigenvalue weighted by Crippen LogP contribution is -2.20. The predicted molar refractivity (Wildman–Crippen MR) is 63.3 cm³/mol. The van der Waals surface area contributed by atoms with E-state index in [9.17, 15) is 4.39 Å². The third kappa shape index (κ3) is 2.62. The number of likely N-dealkylation sites (N-methyl/N-ethyl adjacent to an activating group) is 1. The highest BCUT2D eigenvalue weighted by atomic mass is 35.5. The van der Waals surface area contributed by atoms with Crippen LogP contribution in [0.5, 0.6) is 0 Å². The van der Waals surface area contributed by atoms with Gasteiger partial charge < -0.3 is 5.32 Å². The van der Waals surface area contributed by atoms with Gasteiger partial charge in [0.15, 0.2) is 0 Å². The second-order valence-electron chi connectivity index (χ2n) is 3.63. The lowest BCUT2D eigenvalue weighted by atomic mass is 10.1. The quantitative estimate of drug-likeness (QED) is 0.879. The molecule has 0 amide bonds. The molecule has 0 saturated carbocycles. The molecule has 0 fully saturated rings. The minimum absolute atomic E-state index is 0.0724. The van der Waals surface area contributed by atoms with Crippen molar-refractivity contribution in [3.8, 4) is 0 Å². The Labute approximate surface area is 103 Å². The van der Waals surface area contributed by atoms with Crippen LogP contribution < -0.4 is 5.32 Å². The number of benzene rings is 1. The van der Waals surface area contributed by atoms with E-state index in [1.807, 2.05) is 0 Å². The molecule has 0 aliphatic heterocycles. The Balaban J connectivity index is 2.22. The van der Waals surface area contributed by atoms with Crippen LogP contribution in [0.3, 0.4) is 0 Å². The number of rotatable bonds is 4. The molecule has 0 saturated heterocycles. The van der Waals surface area contributed by atoms with Crippen molar-refractivity contribution in [2.45, 2.75) is 12.5 Å². The molecular weight excluding hydrogens is 243 g/mol. The van der Waals surface area contributed by atoms with E-state index < -0.39 is 5.82 Å². The molecule has 0 aliphatic carbocycles. The zero-order valence-corrected chi connectivity index (χ0v) is 10.0. The van der Waals surface area contributed by atoms with Gasteiger partial charge in [0.25, 0.3) is 0 Å². The average molecular weight is 255 g/mol. The number of hydrogen-bond acceptors (Lipinski definition) is 3. The summed E-state index contributed by atoms with van der Waals surface area (Å²) in [6.07, 6.45) is 1.98. The third-order valence-electron chi connectivity index (χ3n) is 2.57. The van der Waals surface area contributed by atoms with Crippen molar-refractivity contribution < 1.29 is 4.39 Å². The normalized spacial score (nSPS) is 12.6. The zero-order chi connectivity index (χ0) is 12.3. The van der Waals surface area contributed by atoms with Gasteiger partial charge in [-0.25, -0.2) is 9.37 Å². The molecule has 6 heteroatoms. The van der Waals surface area contributed by atoms with Crippen molar-refractivity contribution in [3.63, 3.8) is 0 Å². The molecule has 1 unspecified atom stereocenters. The summed E-state index contributed by atoms with van der Waals surface area (Å²) in [5.74, 6) is 0.296. The summed E-state index contributed by atoms with van der Waals surface area (Å²) in [6, 6.07) is 4.71. The standard InChI is InChI=1S/C11H12ClFN4/c1-14-9(11-15-6-16-17-11)5-7-3-2-4-8(13)10(7)12/h2-4,6,9,14H,5H2,1H3,(H,15,16,17). The molecule has 17 heavy (non-hydrogen) atoms. The van der Waals surface area contributed by atoms with Crippen LogP contribution in [0, 0.1) is 5.82 Å². The van der Waals surface area contributed by atoms with E-state index in [2.05, 4.69) is 20.5 Å². The van der Waals surface area contributed by atoms with E-state index in [1.165, 1.54) is 12.4 Å². The van der Waals surface area contributed by atoms with Crippen molar-refractivity contribution >= 4 is 11.6 Å². The molecular formula is C11H12ClFN4. The summed E-state index contributed by atoms with van der Waals surface area (Å²) >= 11 is 5.91. The second kappa shape index (κ2) is 5.25. The topological polar surface area (TPSA) is 53.6 Å². The maximum Gasteiger partial charge on any atom is 0.142 e. The number of nitrogens with zero attached hydrogens (tertiary/aromatic N) is 2. The number of nitrogens with one attached hydrogen (secondary N) is 2. The molecule has 1 atom stereocenters. The van der Waals surface area contributed by atoms with E-state index in [1.54, 1.807) is 19.2 Å². The predicted octanol–water partition coefficient (Wildman–Crippen LogP) is 2.10. The SMILES string of the molecule is CNC(Cc1cccc(F)c1Cl)c1ncn[nH]1. The Hall–Kier alpha value is -1.46. The van der Waals surface area contributed by atoms with E-state index in [0.717, 1.165) is 5.56 Å². The van der Waals surface area contributed by atoms with Gasteiger partial charge in [-0.05, 0) is 25.1 Å². The van der Waals surface area contributed by atoms with Gasteiger partial charge in [-0.3, -0.25) is 5.10 Å². The number of hydrogen-bond donors (Lipinski definition) is 2. The number of H-pyrrole nitrogens is 1. The van der Waals surface area contributed by atoms with Gasteiger partial charge in [-0.15, -0.1) is 0 Å². The van der Waals surface area contributed by atoms with E-state index in [0.29, 0.717) is 12.2 Å². The summed E-state index contributed by atoms with van der Waals surface area (Å²) in [7, 11) is 1.81. The summed E-state index contributed by atoms with van der Waals surface area (Å²) < 4.78 is 13.3. The van der Waals surface area contributed by atoms with Crippen LogP contribution in [-0.2, 0) is 6.42 Å². The van der Waals surface area contributed by atoms with Crippen LogP contribution in [-0.4, -0.2) is 22.2 Å². The number of aromatic amines is 1. The molecule has 1 aromatic carbocycles. The molecule has 4 nitrogen and oxygen atoms in total. The first kappa shape index (κ1) is 12.0. The molecule has 1 aromatic heterocycles. The summed E-state index contributed by atoms with van der Waals surface area (Å²) in [5.41, 5.74) is 0.738. The highest BCUT2D eigenvalue weighted by Crippen LogP contribution is 2.24. The Morgan fingerprint density at radius 1 is 1.53 bits per heavy atom. The van der Waals surface area contributed by atoms with E-state index >= 15 is 0 Å². The van der Waals surface area contributed by atoms with Crippen molar-refractivity contribution in [2.75, 3.05) is 7.05 Å². The van der Waals surface area contributed by atoms with Crippen molar-refractivity contribution in [2.24, 2.45) is 0 Å². The monoisotopic (exact) mass is 254 g/mol. The first-order valence-corrected chi connectivity index (χ1v) is 5.55. The van der Waals surface area contributed by atoms with Gasteiger partial charge in [0, 0.05) is 0 Å². The largest absolute Gasteiger partial charge is 0.310 e. The van der Waals surface area contributed by atoms with Gasteiger partial charge in [0.2, 0.25) is 0 Å². The minimum Gasteiger partial charge on any atom is -0.310 e. The lowest BCUT2D eigenvalue weighted by molar-refractivity contribution is 0.556. The Kier molecular flexibility index (Phi) is 3.71. The highest BCUT2D eigenvalue weighted by Gasteiger charge is 2.15. The molecule has 0 radical (unpaired) electrons. The number of aromatic nitrogens is 3. The number of halogens is 2. The average Bonchev–Trinajstić information content (AvgIpc) is 2.85. The third-order valence-corrected chi connectivity index (χ3v) is 2.99. The van der Waals surface area contributed by atoms with Gasteiger partial charge in [0.1, 0.15) is 18.0 Å². The van der Waals surface area contributed by atoms with Crippen LogP contribution in [0.25, 0.3) is 0 Å². The van der Waals surface area contributed by atoms with Gasteiger partial charge >= 0.3 is 0 Å². The van der Waals surface area contributed by atoms with Gasteiger partial charge in [-0.1, -0.05) is 23.7 Å². The van der Waals surface area contributed by atoms with Crippen LogP contribution >= 0.6 is 11.6 Å². The van der Waals surface area contributed by atoms with Crippen LogP contribution in [0.15, 0.2) is 24.5 Å². The van der Waals surface area contributed by atoms with Crippen molar-refractivity contribution in [1.29, 1.82) is 0 Å². The molecule has 2 rings (SSSR count). The summed E-state index contributed by atoms with van der Waals surface area (Å²) in [4.78, 5) is 4.07. The first-order chi connectivity index (χ1) is 8.22. The lowest BCUT2D eigenvalue weighted by Gasteiger charge is -2.14. The molecule has 2 aromatic rings.